The molecule has 1 aromatic carbocycles. The maximum Gasteiger partial charge on any atom is 0.252 e. The molecule has 1 N–H and O–H groups in total. The topological polar surface area (TPSA) is 60.5 Å². The van der Waals surface area contributed by atoms with Crippen LogP contribution in [-0.2, 0) is 6.42 Å². The molecule has 1 aromatic heterocycles. The van der Waals surface area contributed by atoms with E-state index in [4.69, 9.17) is 9.47 Å². The second-order valence-electron chi connectivity index (χ2n) is 6.13. The number of pyridine rings is 1. The zero-order chi connectivity index (χ0) is 16.3. The van der Waals surface area contributed by atoms with Gasteiger partial charge in [0, 0.05) is 24.4 Å². The number of amides is 1. The van der Waals surface area contributed by atoms with Crippen LogP contribution in [0.3, 0.4) is 0 Å². The van der Waals surface area contributed by atoms with Crippen molar-refractivity contribution >= 4 is 5.91 Å². The number of fused-ring (bicyclic) bond motifs is 1. The summed E-state index contributed by atoms with van der Waals surface area (Å²) in [7, 11) is 0. The van der Waals surface area contributed by atoms with E-state index in [0.29, 0.717) is 18.7 Å². The number of carbonyl (C=O) groups is 1. The van der Waals surface area contributed by atoms with Crippen LogP contribution in [0.25, 0.3) is 0 Å². The lowest BCUT2D eigenvalue weighted by atomic mass is 10.0. The molecule has 0 atom stereocenters. The molecular formula is C18H20N2O3. The van der Waals surface area contributed by atoms with Gasteiger partial charge >= 0.3 is 0 Å². The smallest absolute Gasteiger partial charge is 0.252 e. The first kappa shape index (κ1) is 15.3. The van der Waals surface area contributed by atoms with Crippen molar-refractivity contribution in [2.75, 3.05) is 13.2 Å². The lowest BCUT2D eigenvalue weighted by molar-refractivity contribution is 0.0946. The van der Waals surface area contributed by atoms with Crippen LogP contribution in [0.2, 0.25) is 0 Å². The fourth-order valence-electron chi connectivity index (χ4n) is 2.63. The first-order chi connectivity index (χ1) is 11.1. The molecule has 0 saturated heterocycles. The Morgan fingerprint density at radius 2 is 2.22 bits per heavy atom. The van der Waals surface area contributed by atoms with Gasteiger partial charge in [0.25, 0.3) is 5.91 Å². The van der Waals surface area contributed by atoms with E-state index >= 15 is 0 Å². The van der Waals surface area contributed by atoms with E-state index in [1.54, 1.807) is 18.3 Å². The molecular weight excluding hydrogens is 292 g/mol. The summed E-state index contributed by atoms with van der Waals surface area (Å²) in [6.45, 7) is 4.92. The highest BCUT2D eigenvalue weighted by molar-refractivity contribution is 5.93. The van der Waals surface area contributed by atoms with Crippen LogP contribution in [0.1, 0.15) is 29.8 Å². The third kappa shape index (κ3) is 3.62. The molecule has 0 aliphatic carbocycles. The minimum atomic E-state index is -0.198. The number of carbonyl (C=O) groups excluding carboxylic acids is 1. The Morgan fingerprint density at radius 1 is 1.35 bits per heavy atom. The quantitative estimate of drug-likeness (QED) is 0.862. The third-order valence-electron chi connectivity index (χ3n) is 3.62. The standard InChI is InChI=1S/C18H20N2O3/c1-18(2)11-13-5-3-7-15(16(13)23-18)22-10-9-20-17(21)14-6-4-8-19-12-14/h3-8,12H,9-11H2,1-2H3,(H,20,21). The second kappa shape index (κ2) is 6.28. The largest absolute Gasteiger partial charge is 0.488 e. The number of nitrogens with one attached hydrogen (secondary N) is 1. The first-order valence-corrected chi connectivity index (χ1v) is 7.67. The van der Waals surface area contributed by atoms with E-state index < -0.39 is 0 Å². The third-order valence-corrected chi connectivity index (χ3v) is 3.62. The average Bonchev–Trinajstić information content (AvgIpc) is 2.86. The van der Waals surface area contributed by atoms with Crippen molar-refractivity contribution in [3.63, 3.8) is 0 Å². The van der Waals surface area contributed by atoms with E-state index in [0.717, 1.165) is 23.5 Å². The van der Waals surface area contributed by atoms with Gasteiger partial charge in [0.15, 0.2) is 11.5 Å². The van der Waals surface area contributed by atoms with Crippen LogP contribution < -0.4 is 14.8 Å². The van der Waals surface area contributed by atoms with Gasteiger partial charge in [0.2, 0.25) is 0 Å². The van der Waals surface area contributed by atoms with Crippen LogP contribution in [0.5, 0.6) is 11.5 Å². The van der Waals surface area contributed by atoms with Gasteiger partial charge in [-0.3, -0.25) is 9.78 Å². The van der Waals surface area contributed by atoms with E-state index in [2.05, 4.69) is 30.2 Å². The minimum absolute atomic E-state index is 0.155. The molecule has 1 aliphatic rings. The van der Waals surface area contributed by atoms with Gasteiger partial charge in [-0.1, -0.05) is 12.1 Å². The van der Waals surface area contributed by atoms with Gasteiger partial charge in [-0.25, -0.2) is 0 Å². The van der Waals surface area contributed by atoms with Crippen LogP contribution in [0.15, 0.2) is 42.7 Å². The molecule has 120 valence electrons. The number of rotatable bonds is 5. The Balaban J connectivity index is 1.53. The highest BCUT2D eigenvalue weighted by Crippen LogP contribution is 2.41. The molecule has 1 amide bonds. The highest BCUT2D eigenvalue weighted by Gasteiger charge is 2.32. The number of nitrogens with zero attached hydrogens (tertiary/aromatic N) is 1. The highest BCUT2D eigenvalue weighted by atomic mass is 16.5. The summed E-state index contributed by atoms with van der Waals surface area (Å²) < 4.78 is 11.7. The SMILES string of the molecule is CC1(C)Cc2cccc(OCCNC(=O)c3cccnc3)c2O1. The Kier molecular flexibility index (Phi) is 4.19. The summed E-state index contributed by atoms with van der Waals surface area (Å²) in [6, 6.07) is 9.37. The predicted octanol–water partition coefficient (Wildman–Crippen LogP) is 2.60. The maximum atomic E-state index is 11.9. The molecule has 1 aliphatic heterocycles. The molecule has 0 bridgehead atoms. The number of aromatic nitrogens is 1. The Hall–Kier alpha value is -2.56. The monoisotopic (exact) mass is 312 g/mol. The second-order valence-corrected chi connectivity index (χ2v) is 6.13. The molecule has 0 spiro atoms. The average molecular weight is 312 g/mol. The summed E-state index contributed by atoms with van der Waals surface area (Å²) in [5.41, 5.74) is 1.50. The van der Waals surface area contributed by atoms with Crippen LogP contribution >= 0.6 is 0 Å². The normalized spacial score (nSPS) is 14.7. The lowest BCUT2D eigenvalue weighted by Gasteiger charge is -2.18. The van der Waals surface area contributed by atoms with Crippen LogP contribution in [0.4, 0.5) is 0 Å². The summed E-state index contributed by atoms with van der Waals surface area (Å²) in [4.78, 5) is 15.8. The Labute approximate surface area is 135 Å². The molecule has 2 heterocycles. The molecule has 23 heavy (non-hydrogen) atoms. The number of benzene rings is 1. The van der Waals surface area contributed by atoms with Gasteiger partial charge in [0.05, 0.1) is 12.1 Å². The van der Waals surface area contributed by atoms with Crippen LogP contribution in [-0.4, -0.2) is 29.6 Å². The molecule has 5 heteroatoms. The van der Waals surface area contributed by atoms with Crippen molar-refractivity contribution in [3.8, 4) is 11.5 Å². The first-order valence-electron chi connectivity index (χ1n) is 7.67. The van der Waals surface area contributed by atoms with Crippen molar-refractivity contribution in [1.82, 2.24) is 10.3 Å². The lowest BCUT2D eigenvalue weighted by Crippen LogP contribution is -2.28. The number of hydrogen-bond donors (Lipinski definition) is 1. The zero-order valence-electron chi connectivity index (χ0n) is 13.3. The maximum absolute atomic E-state index is 11.9. The number of para-hydroxylation sites is 1. The zero-order valence-corrected chi connectivity index (χ0v) is 13.3. The summed E-state index contributed by atoms with van der Waals surface area (Å²) in [6.07, 6.45) is 4.05. The van der Waals surface area contributed by atoms with Crippen molar-refractivity contribution in [2.45, 2.75) is 25.9 Å². The van der Waals surface area contributed by atoms with Crippen molar-refractivity contribution < 1.29 is 14.3 Å². The Morgan fingerprint density at radius 3 is 3.00 bits per heavy atom. The molecule has 3 rings (SSSR count). The molecule has 0 fully saturated rings. The Bertz CT molecular complexity index is 699. The summed E-state index contributed by atoms with van der Waals surface area (Å²) in [5.74, 6) is 1.39. The van der Waals surface area contributed by atoms with Gasteiger partial charge in [-0.05, 0) is 32.0 Å². The van der Waals surface area contributed by atoms with E-state index in [9.17, 15) is 4.79 Å². The molecule has 2 aromatic rings. The predicted molar refractivity (Wildman–Crippen MR) is 86.9 cm³/mol. The number of ether oxygens (including phenoxy) is 2. The van der Waals surface area contributed by atoms with Gasteiger partial charge in [0.1, 0.15) is 12.2 Å². The molecule has 5 nitrogen and oxygen atoms in total. The summed E-state index contributed by atoms with van der Waals surface area (Å²) in [5, 5.41) is 2.81. The molecule has 0 radical (unpaired) electrons. The fraction of sp³-hybridized carbons (Fsp3) is 0.333. The van der Waals surface area contributed by atoms with E-state index in [1.165, 1.54) is 6.20 Å². The fourth-order valence-corrected chi connectivity index (χ4v) is 2.63. The van der Waals surface area contributed by atoms with Gasteiger partial charge < -0.3 is 14.8 Å². The van der Waals surface area contributed by atoms with Crippen LogP contribution in [0, 0.1) is 0 Å². The van der Waals surface area contributed by atoms with Crippen molar-refractivity contribution in [1.29, 1.82) is 0 Å². The van der Waals surface area contributed by atoms with E-state index in [1.807, 2.05) is 12.1 Å². The summed E-state index contributed by atoms with van der Waals surface area (Å²) >= 11 is 0. The minimum Gasteiger partial charge on any atom is -0.488 e. The van der Waals surface area contributed by atoms with Gasteiger partial charge in [-0.2, -0.15) is 0 Å². The number of hydrogen-bond acceptors (Lipinski definition) is 4. The molecule has 0 saturated carbocycles. The molecule has 0 unspecified atom stereocenters. The van der Waals surface area contributed by atoms with Gasteiger partial charge in [-0.15, -0.1) is 0 Å². The van der Waals surface area contributed by atoms with E-state index in [-0.39, 0.29) is 11.5 Å². The van der Waals surface area contributed by atoms with Crippen molar-refractivity contribution in [3.05, 3.63) is 53.9 Å². The van der Waals surface area contributed by atoms with Crippen molar-refractivity contribution in [2.24, 2.45) is 0 Å².